The number of carbonyl (C=O) groups is 1. The quantitative estimate of drug-likeness (QED) is 0.651. The third kappa shape index (κ3) is 6.49. The Bertz CT molecular complexity index is 641. The Hall–Kier alpha value is -1.80. The highest BCUT2D eigenvalue weighted by atomic mass is 32.1. The summed E-state index contributed by atoms with van der Waals surface area (Å²) in [5.41, 5.74) is 0.850. The summed E-state index contributed by atoms with van der Waals surface area (Å²) in [6, 6.07) is 9.83. The van der Waals surface area contributed by atoms with Crippen LogP contribution < -0.4 is 5.32 Å². The van der Waals surface area contributed by atoms with Crippen LogP contribution in [0.4, 0.5) is 4.39 Å². The highest BCUT2D eigenvalue weighted by Crippen LogP contribution is 2.26. The summed E-state index contributed by atoms with van der Waals surface area (Å²) < 4.78 is 23.5. The minimum Gasteiger partial charge on any atom is -0.383 e. The molecule has 26 heavy (non-hydrogen) atoms. The average Bonchev–Trinajstić information content (AvgIpc) is 3.17. The van der Waals surface area contributed by atoms with E-state index in [9.17, 15) is 9.18 Å². The van der Waals surface area contributed by atoms with E-state index in [2.05, 4.69) is 5.32 Å². The summed E-state index contributed by atoms with van der Waals surface area (Å²) in [6.45, 7) is 2.63. The largest absolute Gasteiger partial charge is 0.383 e. The number of carbonyl (C=O) groups excluding carboxylic acids is 1. The zero-order chi connectivity index (χ0) is 18.8. The van der Waals surface area contributed by atoms with Gasteiger partial charge in [-0.15, -0.1) is 11.3 Å². The van der Waals surface area contributed by atoms with E-state index < -0.39 is 0 Å². The number of hydrogen-bond donors (Lipinski definition) is 1. The second kappa shape index (κ2) is 11.0. The van der Waals surface area contributed by atoms with E-state index in [0.717, 1.165) is 10.4 Å². The Kier molecular flexibility index (Phi) is 8.70. The minimum absolute atomic E-state index is 0.0973. The van der Waals surface area contributed by atoms with Crippen molar-refractivity contribution < 1.29 is 18.7 Å². The van der Waals surface area contributed by atoms with Crippen LogP contribution in [0.15, 0.2) is 41.8 Å². The van der Waals surface area contributed by atoms with Gasteiger partial charge in [-0.2, -0.15) is 0 Å². The van der Waals surface area contributed by atoms with Gasteiger partial charge in [0.2, 0.25) is 5.91 Å². The molecule has 0 bridgehead atoms. The van der Waals surface area contributed by atoms with Crippen molar-refractivity contribution in [2.24, 2.45) is 0 Å². The van der Waals surface area contributed by atoms with Crippen molar-refractivity contribution >= 4 is 17.2 Å². The van der Waals surface area contributed by atoms with Crippen molar-refractivity contribution in [3.63, 3.8) is 0 Å². The normalized spacial score (nSPS) is 12.3. The van der Waals surface area contributed by atoms with Crippen LogP contribution in [0.1, 0.15) is 16.5 Å². The molecular formula is C19H25FN2O3S. The lowest BCUT2D eigenvalue weighted by Gasteiger charge is -2.23. The number of nitrogens with zero attached hydrogens (tertiary/aromatic N) is 1. The molecule has 1 heterocycles. The SMILES string of the molecule is COCCN(CCOC)CC(=O)NC(c1ccc(F)cc1)c1cccs1. The van der Waals surface area contributed by atoms with Crippen LogP contribution in [0.25, 0.3) is 0 Å². The van der Waals surface area contributed by atoms with Crippen molar-refractivity contribution in [1.82, 2.24) is 10.2 Å². The molecule has 1 atom stereocenters. The first-order valence-corrected chi connectivity index (χ1v) is 9.30. The molecule has 2 aromatic rings. The van der Waals surface area contributed by atoms with Gasteiger partial charge in [0, 0.05) is 32.2 Å². The van der Waals surface area contributed by atoms with E-state index in [4.69, 9.17) is 9.47 Å². The van der Waals surface area contributed by atoms with E-state index >= 15 is 0 Å². The van der Waals surface area contributed by atoms with Crippen LogP contribution in [0.5, 0.6) is 0 Å². The van der Waals surface area contributed by atoms with E-state index in [1.807, 2.05) is 22.4 Å². The van der Waals surface area contributed by atoms with Crippen LogP contribution in [-0.4, -0.2) is 57.9 Å². The van der Waals surface area contributed by atoms with Crippen LogP contribution in [0, 0.1) is 5.82 Å². The first-order chi connectivity index (χ1) is 12.6. The lowest BCUT2D eigenvalue weighted by atomic mass is 10.1. The van der Waals surface area contributed by atoms with Gasteiger partial charge in [0.15, 0.2) is 0 Å². The first kappa shape index (κ1) is 20.5. The Morgan fingerprint density at radius 3 is 2.35 bits per heavy atom. The summed E-state index contributed by atoms with van der Waals surface area (Å²) in [7, 11) is 3.27. The summed E-state index contributed by atoms with van der Waals surface area (Å²) in [5, 5.41) is 5.02. The first-order valence-electron chi connectivity index (χ1n) is 8.42. The number of ether oxygens (including phenoxy) is 2. The number of benzene rings is 1. The van der Waals surface area contributed by atoms with E-state index in [1.165, 1.54) is 12.1 Å². The molecule has 0 aliphatic carbocycles. The molecule has 1 amide bonds. The summed E-state index contributed by atoms with van der Waals surface area (Å²) >= 11 is 1.56. The highest BCUT2D eigenvalue weighted by molar-refractivity contribution is 7.10. The van der Waals surface area contributed by atoms with Gasteiger partial charge in [0.1, 0.15) is 5.82 Å². The second-order valence-electron chi connectivity index (χ2n) is 5.83. The Labute approximate surface area is 157 Å². The molecule has 2 rings (SSSR count). The van der Waals surface area contributed by atoms with Gasteiger partial charge in [-0.25, -0.2) is 4.39 Å². The van der Waals surface area contributed by atoms with Gasteiger partial charge < -0.3 is 14.8 Å². The van der Waals surface area contributed by atoms with Crippen molar-refractivity contribution in [3.8, 4) is 0 Å². The summed E-state index contributed by atoms with van der Waals surface area (Å²) in [4.78, 5) is 15.6. The predicted molar refractivity (Wildman–Crippen MR) is 101 cm³/mol. The van der Waals surface area contributed by atoms with Crippen molar-refractivity contribution in [2.45, 2.75) is 6.04 Å². The van der Waals surface area contributed by atoms with Gasteiger partial charge >= 0.3 is 0 Å². The van der Waals surface area contributed by atoms with E-state index in [1.54, 1.807) is 37.7 Å². The molecule has 0 saturated carbocycles. The molecule has 0 fully saturated rings. The highest BCUT2D eigenvalue weighted by Gasteiger charge is 2.19. The van der Waals surface area contributed by atoms with E-state index in [-0.39, 0.29) is 24.3 Å². The van der Waals surface area contributed by atoms with Gasteiger partial charge in [0.25, 0.3) is 0 Å². The molecule has 1 aromatic carbocycles. The number of halogens is 1. The zero-order valence-corrected chi connectivity index (χ0v) is 15.9. The fraction of sp³-hybridized carbons (Fsp3) is 0.421. The number of amides is 1. The topological polar surface area (TPSA) is 50.8 Å². The number of nitrogens with one attached hydrogen (secondary N) is 1. The number of hydrogen-bond acceptors (Lipinski definition) is 5. The number of methoxy groups -OCH3 is 2. The van der Waals surface area contributed by atoms with Gasteiger partial charge in [-0.3, -0.25) is 9.69 Å². The predicted octanol–water partition coefficient (Wildman–Crippen LogP) is 2.69. The molecule has 1 aromatic heterocycles. The lowest BCUT2D eigenvalue weighted by Crippen LogP contribution is -2.41. The monoisotopic (exact) mass is 380 g/mol. The van der Waals surface area contributed by atoms with Gasteiger partial charge in [0.05, 0.1) is 25.8 Å². The van der Waals surface area contributed by atoms with Gasteiger partial charge in [-0.1, -0.05) is 18.2 Å². The summed E-state index contributed by atoms with van der Waals surface area (Å²) in [5.74, 6) is -0.393. The van der Waals surface area contributed by atoms with Gasteiger partial charge in [-0.05, 0) is 29.1 Å². The second-order valence-corrected chi connectivity index (χ2v) is 6.81. The molecule has 0 radical (unpaired) electrons. The minimum atomic E-state index is -0.296. The van der Waals surface area contributed by atoms with E-state index in [0.29, 0.717) is 26.3 Å². The molecule has 0 aliphatic heterocycles. The Morgan fingerprint density at radius 1 is 1.15 bits per heavy atom. The fourth-order valence-electron chi connectivity index (χ4n) is 2.55. The van der Waals surface area contributed by atoms with Crippen LogP contribution in [0.3, 0.4) is 0 Å². The smallest absolute Gasteiger partial charge is 0.234 e. The van der Waals surface area contributed by atoms with Crippen molar-refractivity contribution in [3.05, 3.63) is 58.0 Å². The maximum Gasteiger partial charge on any atom is 0.234 e. The standard InChI is InChI=1S/C19H25FN2O3S/c1-24-11-9-22(10-12-25-2)14-18(23)21-19(17-4-3-13-26-17)15-5-7-16(20)8-6-15/h3-8,13,19H,9-12,14H2,1-2H3,(H,21,23). The number of thiophene rings is 1. The zero-order valence-electron chi connectivity index (χ0n) is 15.1. The molecule has 7 heteroatoms. The fourth-order valence-corrected chi connectivity index (χ4v) is 3.35. The lowest BCUT2D eigenvalue weighted by molar-refractivity contribution is -0.123. The van der Waals surface area contributed by atoms with Crippen molar-refractivity contribution in [1.29, 1.82) is 0 Å². The Morgan fingerprint density at radius 2 is 1.81 bits per heavy atom. The molecule has 0 saturated heterocycles. The molecule has 1 N–H and O–H groups in total. The Balaban J connectivity index is 2.06. The molecule has 142 valence electrons. The third-order valence-electron chi connectivity index (χ3n) is 3.93. The van der Waals surface area contributed by atoms with Crippen LogP contribution >= 0.6 is 11.3 Å². The molecule has 1 unspecified atom stereocenters. The third-order valence-corrected chi connectivity index (χ3v) is 4.86. The number of rotatable bonds is 11. The van der Waals surface area contributed by atoms with Crippen LogP contribution in [-0.2, 0) is 14.3 Å². The summed E-state index contributed by atoms with van der Waals surface area (Å²) in [6.07, 6.45) is 0. The molecule has 0 spiro atoms. The molecule has 5 nitrogen and oxygen atoms in total. The maximum atomic E-state index is 13.2. The van der Waals surface area contributed by atoms with Crippen molar-refractivity contribution in [2.75, 3.05) is 47.1 Å². The molecule has 0 aliphatic rings. The van der Waals surface area contributed by atoms with Crippen LogP contribution in [0.2, 0.25) is 0 Å². The average molecular weight is 380 g/mol. The maximum absolute atomic E-state index is 13.2. The molecular weight excluding hydrogens is 355 g/mol.